The predicted octanol–water partition coefficient (Wildman–Crippen LogP) is 2.28. The van der Waals surface area contributed by atoms with Crippen LogP contribution in [0.25, 0.3) is 10.2 Å². The molecular formula is C20H22N3O3S+. The van der Waals surface area contributed by atoms with Gasteiger partial charge in [0.2, 0.25) is 0 Å². The van der Waals surface area contributed by atoms with E-state index in [4.69, 9.17) is 14.5 Å². The standard InChI is InChI=1S/C20H21N3O3S/c1-13(20-22-15-5-3-4-6-18(15)27-20)23(2)12-19(24)21-14-7-8-16-17(11-14)26-10-9-25-16/h3-8,11,13H,9-10,12H2,1-2H3,(H,21,24)/p+1/t13-/m0/s1. The average molecular weight is 384 g/mol. The lowest BCUT2D eigenvalue weighted by Crippen LogP contribution is -3.10. The van der Waals surface area contributed by atoms with E-state index < -0.39 is 0 Å². The first-order valence-electron chi connectivity index (χ1n) is 8.97. The number of hydrogen-bond donors (Lipinski definition) is 2. The average Bonchev–Trinajstić information content (AvgIpc) is 3.11. The van der Waals surface area contributed by atoms with E-state index in [-0.39, 0.29) is 11.9 Å². The van der Waals surface area contributed by atoms with Gasteiger partial charge in [-0.15, -0.1) is 11.3 Å². The lowest BCUT2D eigenvalue weighted by molar-refractivity contribution is -0.902. The number of amides is 1. The molecule has 0 saturated heterocycles. The first-order chi connectivity index (χ1) is 13.1. The van der Waals surface area contributed by atoms with Gasteiger partial charge in [-0.2, -0.15) is 0 Å². The number of carbonyl (C=O) groups is 1. The Morgan fingerprint density at radius 3 is 2.81 bits per heavy atom. The lowest BCUT2D eigenvalue weighted by Gasteiger charge is -2.20. The molecule has 2 aromatic carbocycles. The zero-order chi connectivity index (χ0) is 18.8. The Bertz CT molecular complexity index is 939. The van der Waals surface area contributed by atoms with E-state index in [9.17, 15) is 4.79 Å². The Balaban J connectivity index is 1.39. The third-order valence-electron chi connectivity index (χ3n) is 4.69. The molecular weight excluding hydrogens is 362 g/mol. The molecule has 1 aliphatic rings. The van der Waals surface area contributed by atoms with Gasteiger partial charge in [0.25, 0.3) is 5.91 Å². The van der Waals surface area contributed by atoms with Gasteiger partial charge in [-0.1, -0.05) is 12.1 Å². The van der Waals surface area contributed by atoms with Gasteiger partial charge in [-0.25, -0.2) is 4.98 Å². The third-order valence-corrected chi connectivity index (χ3v) is 5.90. The van der Waals surface area contributed by atoms with Crippen LogP contribution in [-0.2, 0) is 4.79 Å². The van der Waals surface area contributed by atoms with Crippen molar-refractivity contribution in [2.75, 3.05) is 32.1 Å². The normalized spacial score (nSPS) is 15.3. The van der Waals surface area contributed by atoms with Gasteiger partial charge < -0.3 is 19.7 Å². The minimum atomic E-state index is -0.0443. The Morgan fingerprint density at radius 1 is 1.22 bits per heavy atom. The Morgan fingerprint density at radius 2 is 2.00 bits per heavy atom. The summed E-state index contributed by atoms with van der Waals surface area (Å²) in [5.74, 6) is 1.34. The van der Waals surface area contributed by atoms with Crippen LogP contribution in [0.1, 0.15) is 18.0 Å². The zero-order valence-corrected chi connectivity index (χ0v) is 16.1. The number of hydrogen-bond acceptors (Lipinski definition) is 5. The number of para-hydroxylation sites is 1. The highest BCUT2D eigenvalue weighted by Crippen LogP contribution is 2.32. The zero-order valence-electron chi connectivity index (χ0n) is 15.3. The molecule has 6 nitrogen and oxygen atoms in total. The summed E-state index contributed by atoms with van der Waals surface area (Å²) in [7, 11) is 2.01. The van der Waals surface area contributed by atoms with Crippen LogP contribution in [0.3, 0.4) is 0 Å². The molecule has 2 heterocycles. The highest BCUT2D eigenvalue weighted by Gasteiger charge is 2.22. The van der Waals surface area contributed by atoms with E-state index in [2.05, 4.69) is 18.3 Å². The van der Waals surface area contributed by atoms with Gasteiger partial charge in [-0.3, -0.25) is 4.79 Å². The molecule has 1 aliphatic heterocycles. The Hall–Kier alpha value is -2.64. The molecule has 0 aliphatic carbocycles. The Kier molecular flexibility index (Phi) is 4.96. The van der Waals surface area contributed by atoms with E-state index in [0.717, 1.165) is 15.4 Å². The van der Waals surface area contributed by atoms with E-state index in [1.807, 2.05) is 37.4 Å². The van der Waals surface area contributed by atoms with E-state index in [1.165, 1.54) is 4.70 Å². The predicted molar refractivity (Wildman–Crippen MR) is 106 cm³/mol. The minimum absolute atomic E-state index is 0.0443. The maximum atomic E-state index is 12.5. The van der Waals surface area contributed by atoms with Crippen LogP contribution in [-0.4, -0.2) is 37.7 Å². The number of nitrogens with zero attached hydrogens (tertiary/aromatic N) is 1. The van der Waals surface area contributed by atoms with Crippen molar-refractivity contribution in [3.63, 3.8) is 0 Å². The van der Waals surface area contributed by atoms with Crippen molar-refractivity contribution >= 4 is 33.1 Å². The summed E-state index contributed by atoms with van der Waals surface area (Å²) in [6.07, 6.45) is 0. The molecule has 1 amide bonds. The molecule has 2 N–H and O–H groups in total. The summed E-state index contributed by atoms with van der Waals surface area (Å²) in [6.45, 7) is 3.53. The lowest BCUT2D eigenvalue weighted by atomic mass is 10.2. The summed E-state index contributed by atoms with van der Waals surface area (Å²) in [4.78, 5) is 18.3. The molecule has 2 atom stereocenters. The summed E-state index contributed by atoms with van der Waals surface area (Å²) in [5, 5.41) is 3.99. The monoisotopic (exact) mass is 384 g/mol. The van der Waals surface area contributed by atoms with Crippen molar-refractivity contribution in [2.45, 2.75) is 13.0 Å². The molecule has 140 valence electrons. The molecule has 0 radical (unpaired) electrons. The summed E-state index contributed by atoms with van der Waals surface area (Å²) in [6, 6.07) is 13.7. The largest absolute Gasteiger partial charge is 0.486 e. The third kappa shape index (κ3) is 3.89. The molecule has 1 aromatic heterocycles. The first kappa shape index (κ1) is 17.8. The van der Waals surface area contributed by atoms with Crippen molar-refractivity contribution in [1.82, 2.24) is 4.98 Å². The van der Waals surface area contributed by atoms with Gasteiger partial charge in [0.1, 0.15) is 19.3 Å². The Labute approximate surface area is 161 Å². The minimum Gasteiger partial charge on any atom is -0.486 e. The second-order valence-electron chi connectivity index (χ2n) is 6.67. The first-order valence-corrected chi connectivity index (χ1v) is 9.79. The SMILES string of the molecule is C[C@@H](c1nc2ccccc2s1)[NH+](C)CC(=O)Nc1ccc2c(c1)OCCO2. The van der Waals surface area contributed by atoms with Gasteiger partial charge in [0.05, 0.1) is 17.3 Å². The molecule has 1 unspecified atom stereocenters. The quantitative estimate of drug-likeness (QED) is 0.708. The summed E-state index contributed by atoms with van der Waals surface area (Å²) in [5.41, 5.74) is 1.72. The number of quaternary nitrogens is 1. The van der Waals surface area contributed by atoms with Gasteiger partial charge in [0.15, 0.2) is 23.1 Å². The van der Waals surface area contributed by atoms with Gasteiger partial charge in [0, 0.05) is 11.8 Å². The molecule has 0 bridgehead atoms. The highest BCUT2D eigenvalue weighted by atomic mass is 32.1. The second kappa shape index (κ2) is 7.54. The fourth-order valence-corrected chi connectivity index (χ4v) is 4.13. The maximum Gasteiger partial charge on any atom is 0.279 e. The fraction of sp³-hybridized carbons (Fsp3) is 0.300. The number of thiazole rings is 1. The van der Waals surface area contributed by atoms with Crippen molar-refractivity contribution < 1.29 is 19.2 Å². The van der Waals surface area contributed by atoms with Crippen LogP contribution in [0.15, 0.2) is 42.5 Å². The molecule has 27 heavy (non-hydrogen) atoms. The number of benzene rings is 2. The van der Waals surface area contributed by atoms with Crippen LogP contribution >= 0.6 is 11.3 Å². The summed E-state index contributed by atoms with van der Waals surface area (Å²) >= 11 is 1.69. The number of ether oxygens (including phenoxy) is 2. The fourth-order valence-electron chi connectivity index (χ4n) is 3.02. The number of carbonyl (C=O) groups excluding carboxylic acids is 1. The van der Waals surface area contributed by atoms with E-state index >= 15 is 0 Å². The number of anilines is 1. The smallest absolute Gasteiger partial charge is 0.279 e. The molecule has 7 heteroatoms. The maximum absolute atomic E-state index is 12.5. The van der Waals surface area contributed by atoms with Crippen LogP contribution in [0, 0.1) is 0 Å². The number of nitrogens with one attached hydrogen (secondary N) is 2. The van der Waals surface area contributed by atoms with E-state index in [0.29, 0.717) is 36.9 Å². The van der Waals surface area contributed by atoms with Crippen LogP contribution in [0.4, 0.5) is 5.69 Å². The second-order valence-corrected chi connectivity index (χ2v) is 7.73. The van der Waals surface area contributed by atoms with Crippen molar-refractivity contribution in [3.05, 3.63) is 47.5 Å². The highest BCUT2D eigenvalue weighted by molar-refractivity contribution is 7.18. The van der Waals surface area contributed by atoms with Crippen molar-refractivity contribution in [3.8, 4) is 11.5 Å². The molecule has 0 saturated carbocycles. The number of fused-ring (bicyclic) bond motifs is 2. The molecule has 0 fully saturated rings. The molecule has 4 rings (SSSR count). The summed E-state index contributed by atoms with van der Waals surface area (Å²) < 4.78 is 12.2. The van der Waals surface area contributed by atoms with Crippen LogP contribution < -0.4 is 19.7 Å². The number of rotatable bonds is 5. The molecule has 3 aromatic rings. The van der Waals surface area contributed by atoms with Crippen LogP contribution in [0.2, 0.25) is 0 Å². The van der Waals surface area contributed by atoms with Crippen molar-refractivity contribution in [2.24, 2.45) is 0 Å². The van der Waals surface area contributed by atoms with Gasteiger partial charge >= 0.3 is 0 Å². The number of aromatic nitrogens is 1. The van der Waals surface area contributed by atoms with Crippen LogP contribution in [0.5, 0.6) is 11.5 Å². The van der Waals surface area contributed by atoms with E-state index in [1.54, 1.807) is 17.4 Å². The number of likely N-dealkylation sites (N-methyl/N-ethyl adjacent to an activating group) is 1. The van der Waals surface area contributed by atoms with Gasteiger partial charge in [-0.05, 0) is 31.2 Å². The van der Waals surface area contributed by atoms with Crippen molar-refractivity contribution in [1.29, 1.82) is 0 Å². The topological polar surface area (TPSA) is 64.9 Å². The molecule has 0 spiro atoms.